The summed E-state index contributed by atoms with van der Waals surface area (Å²) in [4.78, 5) is 0.287. The quantitative estimate of drug-likeness (QED) is 0.782. The van der Waals surface area contributed by atoms with Crippen LogP contribution >= 0.6 is 0 Å². The fourth-order valence-corrected chi connectivity index (χ4v) is 3.83. The van der Waals surface area contributed by atoms with Crippen LogP contribution < -0.4 is 4.72 Å². The SMILES string of the molecule is Cc1ccc([C@@H](C)NS(=O)(=O)c2ccc3ccccc3c2)cc1. The van der Waals surface area contributed by atoms with Crippen molar-refractivity contribution in [3.8, 4) is 0 Å². The predicted molar refractivity (Wildman–Crippen MR) is 93.9 cm³/mol. The molecule has 4 heteroatoms. The van der Waals surface area contributed by atoms with Crippen molar-refractivity contribution in [2.75, 3.05) is 0 Å². The highest BCUT2D eigenvalue weighted by Crippen LogP contribution is 2.21. The molecule has 118 valence electrons. The van der Waals surface area contributed by atoms with Crippen LogP contribution in [0.1, 0.15) is 24.1 Å². The average Bonchev–Trinajstić information content (AvgIpc) is 2.54. The van der Waals surface area contributed by atoms with Gasteiger partial charge in [-0.1, -0.05) is 60.2 Å². The second-order valence-corrected chi connectivity index (χ2v) is 7.48. The van der Waals surface area contributed by atoms with Gasteiger partial charge in [-0.05, 0) is 42.3 Å². The molecule has 0 heterocycles. The second-order valence-electron chi connectivity index (χ2n) is 5.76. The molecule has 0 bridgehead atoms. The molecule has 1 N–H and O–H groups in total. The van der Waals surface area contributed by atoms with Crippen LogP contribution in [0, 0.1) is 6.92 Å². The summed E-state index contributed by atoms with van der Waals surface area (Å²) in [5.74, 6) is 0. The molecular formula is C19H19NO2S. The third-order valence-electron chi connectivity index (χ3n) is 3.94. The summed E-state index contributed by atoms with van der Waals surface area (Å²) in [6.45, 7) is 3.86. The summed E-state index contributed by atoms with van der Waals surface area (Å²) in [5.41, 5.74) is 2.10. The van der Waals surface area contributed by atoms with Gasteiger partial charge in [-0.3, -0.25) is 0 Å². The van der Waals surface area contributed by atoms with Gasteiger partial charge in [0.2, 0.25) is 10.0 Å². The Labute approximate surface area is 137 Å². The minimum absolute atomic E-state index is 0.285. The first-order chi connectivity index (χ1) is 11.0. The van der Waals surface area contributed by atoms with Crippen LogP contribution in [0.3, 0.4) is 0 Å². The summed E-state index contributed by atoms with van der Waals surface area (Å²) in [7, 11) is -3.56. The van der Waals surface area contributed by atoms with Crippen molar-refractivity contribution in [3.05, 3.63) is 77.9 Å². The molecule has 3 nitrogen and oxygen atoms in total. The maximum Gasteiger partial charge on any atom is 0.241 e. The fraction of sp³-hybridized carbons (Fsp3) is 0.158. The number of hydrogen-bond acceptors (Lipinski definition) is 2. The maximum atomic E-state index is 12.6. The lowest BCUT2D eigenvalue weighted by atomic mass is 10.1. The van der Waals surface area contributed by atoms with E-state index in [0.29, 0.717) is 0 Å². The molecule has 3 aromatic rings. The summed E-state index contributed by atoms with van der Waals surface area (Å²) < 4.78 is 28.0. The molecule has 3 aromatic carbocycles. The zero-order valence-electron chi connectivity index (χ0n) is 13.2. The number of benzene rings is 3. The van der Waals surface area contributed by atoms with Gasteiger partial charge >= 0.3 is 0 Å². The van der Waals surface area contributed by atoms with Crippen molar-refractivity contribution >= 4 is 20.8 Å². The van der Waals surface area contributed by atoms with E-state index < -0.39 is 10.0 Å². The van der Waals surface area contributed by atoms with Gasteiger partial charge in [-0.25, -0.2) is 13.1 Å². The van der Waals surface area contributed by atoms with E-state index in [-0.39, 0.29) is 10.9 Å². The number of rotatable bonds is 4. The van der Waals surface area contributed by atoms with E-state index in [0.717, 1.165) is 21.9 Å². The summed E-state index contributed by atoms with van der Waals surface area (Å²) in [6, 6.07) is 20.5. The molecule has 0 unspecified atom stereocenters. The third kappa shape index (κ3) is 3.44. The van der Waals surface area contributed by atoms with Crippen molar-refractivity contribution < 1.29 is 8.42 Å². The fourth-order valence-electron chi connectivity index (χ4n) is 2.56. The Morgan fingerprint density at radius 1 is 0.870 bits per heavy atom. The normalized spacial score (nSPS) is 13.1. The third-order valence-corrected chi connectivity index (χ3v) is 5.48. The Balaban J connectivity index is 1.89. The Bertz CT molecular complexity index is 931. The van der Waals surface area contributed by atoms with Gasteiger partial charge in [0.15, 0.2) is 0 Å². The van der Waals surface area contributed by atoms with E-state index in [4.69, 9.17) is 0 Å². The molecule has 0 saturated heterocycles. The van der Waals surface area contributed by atoms with Crippen LogP contribution in [-0.4, -0.2) is 8.42 Å². The Kier molecular flexibility index (Phi) is 4.20. The van der Waals surface area contributed by atoms with Crippen LogP contribution in [0.4, 0.5) is 0 Å². The highest BCUT2D eigenvalue weighted by molar-refractivity contribution is 7.89. The van der Waals surface area contributed by atoms with Crippen molar-refractivity contribution in [2.24, 2.45) is 0 Å². The molecule has 0 fully saturated rings. The number of aryl methyl sites for hydroxylation is 1. The first-order valence-electron chi connectivity index (χ1n) is 7.53. The van der Waals surface area contributed by atoms with E-state index >= 15 is 0 Å². The number of fused-ring (bicyclic) bond motifs is 1. The Morgan fingerprint density at radius 2 is 1.52 bits per heavy atom. The van der Waals surface area contributed by atoms with Crippen LogP contribution in [0.15, 0.2) is 71.6 Å². The largest absolute Gasteiger partial charge is 0.241 e. The van der Waals surface area contributed by atoms with Gasteiger partial charge in [-0.2, -0.15) is 0 Å². The lowest BCUT2D eigenvalue weighted by Crippen LogP contribution is -2.26. The van der Waals surface area contributed by atoms with E-state index in [9.17, 15) is 8.42 Å². The zero-order valence-corrected chi connectivity index (χ0v) is 14.0. The van der Waals surface area contributed by atoms with Crippen molar-refractivity contribution in [1.29, 1.82) is 0 Å². The second kappa shape index (κ2) is 6.14. The van der Waals surface area contributed by atoms with Crippen LogP contribution in [0.25, 0.3) is 10.8 Å². The molecule has 23 heavy (non-hydrogen) atoms. The molecule has 1 atom stereocenters. The van der Waals surface area contributed by atoms with Gasteiger partial charge in [0.05, 0.1) is 4.90 Å². The Morgan fingerprint density at radius 3 is 2.22 bits per heavy atom. The van der Waals surface area contributed by atoms with Crippen LogP contribution in [-0.2, 0) is 10.0 Å². The molecule has 0 spiro atoms. The molecule has 0 saturated carbocycles. The smallest absolute Gasteiger partial charge is 0.207 e. The highest BCUT2D eigenvalue weighted by atomic mass is 32.2. The van der Waals surface area contributed by atoms with Crippen molar-refractivity contribution in [2.45, 2.75) is 24.8 Å². The molecule has 0 aliphatic carbocycles. The Hall–Kier alpha value is -2.17. The zero-order chi connectivity index (χ0) is 16.4. The molecule has 0 aliphatic heterocycles. The lowest BCUT2D eigenvalue weighted by molar-refractivity contribution is 0.567. The highest BCUT2D eigenvalue weighted by Gasteiger charge is 2.18. The average molecular weight is 325 g/mol. The lowest BCUT2D eigenvalue weighted by Gasteiger charge is -2.15. The molecular weight excluding hydrogens is 306 g/mol. The summed E-state index contributed by atoms with van der Waals surface area (Å²) in [5, 5.41) is 1.94. The number of nitrogens with one attached hydrogen (secondary N) is 1. The van der Waals surface area contributed by atoms with E-state index in [1.54, 1.807) is 12.1 Å². The van der Waals surface area contributed by atoms with Gasteiger partial charge < -0.3 is 0 Å². The minimum atomic E-state index is -3.56. The van der Waals surface area contributed by atoms with E-state index in [1.807, 2.05) is 68.4 Å². The summed E-state index contributed by atoms with van der Waals surface area (Å²) >= 11 is 0. The van der Waals surface area contributed by atoms with Crippen molar-refractivity contribution in [1.82, 2.24) is 4.72 Å². The standard InChI is InChI=1S/C19H19NO2S/c1-14-7-9-16(10-8-14)15(2)20-23(21,22)19-12-11-17-5-3-4-6-18(17)13-19/h3-13,15,20H,1-2H3/t15-/m1/s1. The van der Waals surface area contributed by atoms with Gasteiger partial charge in [0.25, 0.3) is 0 Å². The summed E-state index contributed by atoms with van der Waals surface area (Å²) in [6.07, 6.45) is 0. The van der Waals surface area contributed by atoms with Crippen molar-refractivity contribution in [3.63, 3.8) is 0 Å². The van der Waals surface area contributed by atoms with Crippen LogP contribution in [0.5, 0.6) is 0 Å². The van der Waals surface area contributed by atoms with Crippen LogP contribution in [0.2, 0.25) is 0 Å². The predicted octanol–water partition coefficient (Wildman–Crippen LogP) is 4.19. The van der Waals surface area contributed by atoms with E-state index in [1.165, 1.54) is 0 Å². The number of hydrogen-bond donors (Lipinski definition) is 1. The topological polar surface area (TPSA) is 46.2 Å². The molecule has 0 aliphatic rings. The van der Waals surface area contributed by atoms with Gasteiger partial charge in [0, 0.05) is 6.04 Å². The molecule has 0 amide bonds. The molecule has 0 aromatic heterocycles. The van der Waals surface area contributed by atoms with Gasteiger partial charge in [0.1, 0.15) is 0 Å². The monoisotopic (exact) mass is 325 g/mol. The van der Waals surface area contributed by atoms with Gasteiger partial charge in [-0.15, -0.1) is 0 Å². The first kappa shape index (κ1) is 15.7. The molecule has 0 radical (unpaired) electrons. The van der Waals surface area contributed by atoms with E-state index in [2.05, 4.69) is 4.72 Å². The number of sulfonamides is 1. The first-order valence-corrected chi connectivity index (χ1v) is 9.02. The maximum absolute atomic E-state index is 12.6. The molecule has 3 rings (SSSR count). The minimum Gasteiger partial charge on any atom is -0.207 e.